The highest BCUT2D eigenvalue weighted by Crippen LogP contribution is 2.40. The van der Waals surface area contributed by atoms with E-state index in [2.05, 4.69) is 27.7 Å². The van der Waals surface area contributed by atoms with Crippen LogP contribution in [-0.2, 0) is 31.5 Å². The summed E-state index contributed by atoms with van der Waals surface area (Å²) in [5.41, 5.74) is 4.34. The van der Waals surface area contributed by atoms with Crippen molar-refractivity contribution in [1.29, 1.82) is 0 Å². The van der Waals surface area contributed by atoms with Crippen molar-refractivity contribution in [2.24, 2.45) is 0 Å². The van der Waals surface area contributed by atoms with Gasteiger partial charge in [0.25, 0.3) is 0 Å². The van der Waals surface area contributed by atoms with Crippen molar-refractivity contribution in [2.75, 3.05) is 14.2 Å². The molecule has 0 spiro atoms. The zero-order chi connectivity index (χ0) is 64.4. The lowest BCUT2D eigenvalue weighted by Crippen LogP contribution is -2.27. The molecule has 9 aromatic carbocycles. The molecule has 0 aliphatic rings. The van der Waals surface area contributed by atoms with Crippen molar-refractivity contribution in [3.63, 3.8) is 0 Å². The zero-order valence-electron chi connectivity index (χ0n) is 51.9. The number of carbonyl (C=O) groups excluding carboxylic acids is 6. The summed E-state index contributed by atoms with van der Waals surface area (Å²) in [6, 6.07) is 62.6. The number of ether oxygens (including phenoxy) is 8. The van der Waals surface area contributed by atoms with E-state index in [1.54, 1.807) is 72.8 Å². The summed E-state index contributed by atoms with van der Waals surface area (Å²) in [6.07, 6.45) is 1.50. The molecular formula is C76H70O14. The minimum Gasteiger partial charge on any atom is -0.493 e. The molecule has 90 heavy (non-hydrogen) atoms. The molecule has 0 radical (unpaired) electrons. The number of esters is 6. The molecule has 0 aliphatic heterocycles. The summed E-state index contributed by atoms with van der Waals surface area (Å²) in [5, 5.41) is 0. The predicted molar refractivity (Wildman–Crippen MR) is 341 cm³/mol. The monoisotopic (exact) mass is 1210 g/mol. The van der Waals surface area contributed by atoms with Crippen molar-refractivity contribution in [3.05, 3.63) is 285 Å². The molecule has 0 aliphatic carbocycles. The molecule has 0 aromatic heterocycles. The van der Waals surface area contributed by atoms with Crippen LogP contribution in [0.3, 0.4) is 0 Å². The van der Waals surface area contributed by atoms with Gasteiger partial charge in [-0.05, 0) is 195 Å². The fraction of sp³-hybridized carbons (Fsp3) is 0.211. The molecule has 458 valence electrons. The average molecular weight is 1210 g/mol. The standard InChI is InChI=1S/C76H70O14/c1-11-75(7,59-41-45-61(46-42-59)85-67(77)49-21-23-51(24-22-49)69(79)87-65-19-15-13-17-63(65)83-9)57-37-33-55(34-38-57)73(3,4)89-71(81)53-29-25-50(26-30-53)68(78)86-62-47-43-60(44-48-62)76(8,12-2)58-39-35-56(36-40-58)74(5,6)90-72(82)54-31-27-52(28-32-54)70(80)88-66-20-16-14-18-64(66)84-10/h13-48H,11-12H2,1-10H3. The molecule has 0 fully saturated rings. The third-order valence-corrected chi connectivity index (χ3v) is 16.6. The summed E-state index contributed by atoms with van der Waals surface area (Å²) >= 11 is 0. The summed E-state index contributed by atoms with van der Waals surface area (Å²) < 4.78 is 45.1. The molecule has 9 aromatic rings. The Labute approximate surface area is 524 Å². The Morgan fingerprint density at radius 2 is 0.500 bits per heavy atom. The van der Waals surface area contributed by atoms with E-state index in [-0.39, 0.29) is 44.9 Å². The van der Waals surface area contributed by atoms with Gasteiger partial charge < -0.3 is 37.9 Å². The Bertz CT molecular complexity index is 4040. The van der Waals surface area contributed by atoms with Crippen LogP contribution in [0.25, 0.3) is 0 Å². The third kappa shape index (κ3) is 14.4. The maximum atomic E-state index is 13.6. The van der Waals surface area contributed by atoms with E-state index in [1.807, 2.05) is 100 Å². The van der Waals surface area contributed by atoms with Gasteiger partial charge in [0.05, 0.1) is 47.6 Å². The summed E-state index contributed by atoms with van der Waals surface area (Å²) in [5.74, 6) is -1.36. The summed E-state index contributed by atoms with van der Waals surface area (Å²) in [7, 11) is 2.98. The first-order valence-corrected chi connectivity index (χ1v) is 29.4. The number of hydrogen-bond donors (Lipinski definition) is 0. The first-order chi connectivity index (χ1) is 43.1. The van der Waals surface area contributed by atoms with E-state index in [0.29, 0.717) is 23.0 Å². The van der Waals surface area contributed by atoms with Gasteiger partial charge in [-0.2, -0.15) is 0 Å². The quantitative estimate of drug-likeness (QED) is 0.0462. The molecule has 14 heteroatoms. The largest absolute Gasteiger partial charge is 0.493 e. The van der Waals surface area contributed by atoms with Crippen LogP contribution in [0.4, 0.5) is 0 Å². The highest BCUT2D eigenvalue weighted by Gasteiger charge is 2.33. The lowest BCUT2D eigenvalue weighted by Gasteiger charge is -2.31. The van der Waals surface area contributed by atoms with E-state index in [9.17, 15) is 28.8 Å². The maximum absolute atomic E-state index is 13.6. The Balaban J connectivity index is 0.753. The molecular weight excluding hydrogens is 1140 g/mol. The van der Waals surface area contributed by atoms with Crippen LogP contribution in [-0.4, -0.2) is 50.0 Å². The smallest absolute Gasteiger partial charge is 0.343 e. The molecule has 2 unspecified atom stereocenters. The van der Waals surface area contributed by atoms with E-state index in [1.165, 1.54) is 87.0 Å². The second kappa shape index (κ2) is 27.2. The van der Waals surface area contributed by atoms with Gasteiger partial charge in [0.1, 0.15) is 22.7 Å². The fourth-order valence-electron chi connectivity index (χ4n) is 10.4. The Morgan fingerprint density at radius 3 is 0.756 bits per heavy atom. The van der Waals surface area contributed by atoms with Crippen molar-refractivity contribution in [3.8, 4) is 34.5 Å². The summed E-state index contributed by atoms with van der Waals surface area (Å²) in [6.45, 7) is 15.8. The number of benzene rings is 9. The topological polar surface area (TPSA) is 176 Å². The van der Waals surface area contributed by atoms with Gasteiger partial charge in [-0.1, -0.05) is 125 Å². The minimum absolute atomic E-state index is 0.252. The van der Waals surface area contributed by atoms with Crippen LogP contribution in [0.2, 0.25) is 0 Å². The molecule has 9 rings (SSSR count). The van der Waals surface area contributed by atoms with Crippen LogP contribution >= 0.6 is 0 Å². The molecule has 0 N–H and O–H groups in total. The van der Waals surface area contributed by atoms with Crippen molar-refractivity contribution in [2.45, 2.75) is 90.3 Å². The lowest BCUT2D eigenvalue weighted by molar-refractivity contribution is -0.00421. The molecule has 0 saturated carbocycles. The first kappa shape index (κ1) is 63.9. The number of rotatable bonds is 22. The van der Waals surface area contributed by atoms with Crippen molar-refractivity contribution < 1.29 is 66.7 Å². The molecule has 0 amide bonds. The van der Waals surface area contributed by atoms with Crippen LogP contribution < -0.4 is 28.4 Å². The van der Waals surface area contributed by atoms with E-state index >= 15 is 0 Å². The number of methoxy groups -OCH3 is 2. The Morgan fingerprint density at radius 1 is 0.278 bits per heavy atom. The van der Waals surface area contributed by atoms with Crippen LogP contribution in [0.5, 0.6) is 34.5 Å². The van der Waals surface area contributed by atoms with Gasteiger partial charge in [-0.3, -0.25) is 0 Å². The number of hydrogen-bond acceptors (Lipinski definition) is 14. The number of para-hydroxylation sites is 4. The van der Waals surface area contributed by atoms with E-state index in [0.717, 1.165) is 46.2 Å². The van der Waals surface area contributed by atoms with Gasteiger partial charge in [0, 0.05) is 10.8 Å². The van der Waals surface area contributed by atoms with Gasteiger partial charge >= 0.3 is 35.8 Å². The van der Waals surface area contributed by atoms with Gasteiger partial charge in [-0.25, -0.2) is 28.8 Å². The van der Waals surface area contributed by atoms with Gasteiger partial charge in [0.15, 0.2) is 23.0 Å². The predicted octanol–water partition coefficient (Wildman–Crippen LogP) is 16.2. The maximum Gasteiger partial charge on any atom is 0.343 e. The molecule has 14 nitrogen and oxygen atoms in total. The second-order valence-corrected chi connectivity index (χ2v) is 23.0. The van der Waals surface area contributed by atoms with E-state index < -0.39 is 57.8 Å². The lowest BCUT2D eigenvalue weighted by atomic mass is 9.74. The third-order valence-electron chi connectivity index (χ3n) is 16.6. The minimum atomic E-state index is -1.02. The molecule has 0 saturated heterocycles. The number of carbonyl (C=O) groups is 6. The van der Waals surface area contributed by atoms with Crippen molar-refractivity contribution in [1.82, 2.24) is 0 Å². The zero-order valence-corrected chi connectivity index (χ0v) is 51.9. The van der Waals surface area contributed by atoms with Crippen LogP contribution in [0.1, 0.15) is 164 Å². The molecule has 0 bridgehead atoms. The Hall–Kier alpha value is -10.6. The van der Waals surface area contributed by atoms with E-state index in [4.69, 9.17) is 37.9 Å². The highest BCUT2D eigenvalue weighted by molar-refractivity contribution is 5.97. The highest BCUT2D eigenvalue weighted by atomic mass is 16.6. The Kier molecular flexibility index (Phi) is 19.3. The normalized spacial score (nSPS) is 12.6. The van der Waals surface area contributed by atoms with Gasteiger partial charge in [-0.15, -0.1) is 0 Å². The molecule has 0 heterocycles. The fourth-order valence-corrected chi connectivity index (χ4v) is 10.4. The SMILES string of the molecule is CCC(C)(c1ccc(OC(=O)c2ccc(C(=O)Oc3ccccc3OC)cc2)cc1)c1ccc(C(C)(C)OC(=O)c2ccc(C(=O)Oc3ccc(C(C)(CC)c4ccc(C(C)(C)OC(=O)c5ccc(C(=O)Oc6ccccc6OC)cc5)cc4)cc3)cc2)cc1. The first-order valence-electron chi connectivity index (χ1n) is 29.4. The van der Waals surface area contributed by atoms with Gasteiger partial charge in [0.2, 0.25) is 0 Å². The summed E-state index contributed by atoms with van der Waals surface area (Å²) in [4.78, 5) is 79.1. The molecule has 2 atom stereocenters. The second-order valence-electron chi connectivity index (χ2n) is 23.0. The average Bonchev–Trinajstić information content (AvgIpc) is 0.953. The van der Waals surface area contributed by atoms with Crippen molar-refractivity contribution >= 4 is 35.8 Å². The van der Waals surface area contributed by atoms with Crippen LogP contribution in [0.15, 0.2) is 218 Å². The van der Waals surface area contributed by atoms with Crippen LogP contribution in [0, 0.1) is 0 Å².